The number of nitrogens with zero attached hydrogens (tertiary/aromatic N) is 2. The first-order valence-electron chi connectivity index (χ1n) is 4.51. The lowest BCUT2D eigenvalue weighted by molar-refractivity contribution is 0.420. The lowest BCUT2D eigenvalue weighted by Crippen LogP contribution is -1.89. The second-order valence-corrected chi connectivity index (χ2v) is 3.85. The summed E-state index contributed by atoms with van der Waals surface area (Å²) in [4.78, 5) is 3.87. The molecule has 16 heavy (non-hydrogen) atoms. The molecule has 1 unspecified atom stereocenters. The average molecular weight is 245 g/mol. The van der Waals surface area contributed by atoms with Crippen molar-refractivity contribution in [1.82, 2.24) is 10.1 Å². The molecule has 0 bridgehead atoms. The van der Waals surface area contributed by atoms with E-state index in [9.17, 15) is 8.78 Å². The van der Waals surface area contributed by atoms with Gasteiger partial charge in [-0.15, -0.1) is 11.6 Å². The van der Waals surface area contributed by atoms with Crippen molar-refractivity contribution in [3.05, 3.63) is 35.7 Å². The van der Waals surface area contributed by atoms with E-state index in [0.29, 0.717) is 0 Å². The van der Waals surface area contributed by atoms with Gasteiger partial charge in [-0.25, -0.2) is 8.78 Å². The van der Waals surface area contributed by atoms with Gasteiger partial charge in [0.25, 0.3) is 5.89 Å². The first-order valence-corrected chi connectivity index (χ1v) is 4.94. The molecule has 0 saturated carbocycles. The highest BCUT2D eigenvalue weighted by Crippen LogP contribution is 2.24. The Balaban J connectivity index is 2.46. The molecule has 2 aromatic rings. The number of hydrogen-bond acceptors (Lipinski definition) is 3. The zero-order chi connectivity index (χ0) is 11.7. The maximum Gasteiger partial charge on any atom is 0.261 e. The minimum atomic E-state index is -0.626. The van der Waals surface area contributed by atoms with Gasteiger partial charge in [0.05, 0.1) is 10.9 Å². The number of alkyl halides is 1. The van der Waals surface area contributed by atoms with Crippen LogP contribution in [0.15, 0.2) is 22.7 Å². The Morgan fingerprint density at radius 2 is 2.12 bits per heavy atom. The Morgan fingerprint density at radius 3 is 2.75 bits per heavy atom. The van der Waals surface area contributed by atoms with Gasteiger partial charge in [0, 0.05) is 0 Å². The van der Waals surface area contributed by atoms with Crippen molar-refractivity contribution in [2.75, 3.05) is 0 Å². The highest BCUT2D eigenvalue weighted by molar-refractivity contribution is 6.20. The molecule has 1 aromatic carbocycles. The normalized spacial score (nSPS) is 12.8. The summed E-state index contributed by atoms with van der Waals surface area (Å²) in [5.41, 5.74) is -0.0731. The fourth-order valence-electron chi connectivity index (χ4n) is 1.17. The van der Waals surface area contributed by atoms with Crippen LogP contribution in [-0.2, 0) is 0 Å². The number of hydrogen-bond donors (Lipinski definition) is 0. The highest BCUT2D eigenvalue weighted by Gasteiger charge is 2.16. The van der Waals surface area contributed by atoms with E-state index in [4.69, 9.17) is 16.1 Å². The van der Waals surface area contributed by atoms with Crippen molar-refractivity contribution in [1.29, 1.82) is 0 Å². The SMILES string of the molecule is CC(Cl)c1noc(-c2cc(F)ccc2F)n1. The minimum absolute atomic E-state index is 0.0731. The van der Waals surface area contributed by atoms with Crippen LogP contribution in [0.5, 0.6) is 0 Å². The van der Waals surface area contributed by atoms with E-state index >= 15 is 0 Å². The van der Waals surface area contributed by atoms with Gasteiger partial charge < -0.3 is 4.52 Å². The van der Waals surface area contributed by atoms with Gasteiger partial charge in [-0.3, -0.25) is 0 Å². The molecule has 2 rings (SSSR count). The lowest BCUT2D eigenvalue weighted by atomic mass is 10.2. The van der Waals surface area contributed by atoms with Crippen molar-refractivity contribution in [2.45, 2.75) is 12.3 Å². The van der Waals surface area contributed by atoms with E-state index in [-0.39, 0.29) is 17.3 Å². The molecule has 3 nitrogen and oxygen atoms in total. The summed E-state index contributed by atoms with van der Waals surface area (Å²) < 4.78 is 31.0. The monoisotopic (exact) mass is 244 g/mol. The molecule has 0 saturated heterocycles. The van der Waals surface area contributed by atoms with Crippen LogP contribution in [0.2, 0.25) is 0 Å². The second kappa shape index (κ2) is 4.17. The molecule has 1 atom stereocenters. The Morgan fingerprint density at radius 1 is 1.38 bits per heavy atom. The first kappa shape index (κ1) is 11.0. The fraction of sp³-hybridized carbons (Fsp3) is 0.200. The molecule has 0 fully saturated rings. The van der Waals surface area contributed by atoms with Gasteiger partial charge in [-0.05, 0) is 25.1 Å². The summed E-state index contributed by atoms with van der Waals surface area (Å²) in [6.07, 6.45) is 0. The van der Waals surface area contributed by atoms with Crippen molar-refractivity contribution in [2.24, 2.45) is 0 Å². The quantitative estimate of drug-likeness (QED) is 0.761. The van der Waals surface area contributed by atoms with E-state index in [0.717, 1.165) is 18.2 Å². The number of rotatable bonds is 2. The van der Waals surface area contributed by atoms with Gasteiger partial charge in [-0.1, -0.05) is 5.16 Å². The maximum absolute atomic E-state index is 13.3. The van der Waals surface area contributed by atoms with Gasteiger partial charge in [0.15, 0.2) is 5.82 Å². The number of benzene rings is 1. The lowest BCUT2D eigenvalue weighted by Gasteiger charge is -1.96. The predicted octanol–water partition coefficient (Wildman–Crippen LogP) is 3.31. The molecule has 1 aromatic heterocycles. The predicted molar refractivity (Wildman–Crippen MR) is 53.9 cm³/mol. The Bertz CT molecular complexity index is 513. The van der Waals surface area contributed by atoms with Crippen LogP contribution in [0.25, 0.3) is 11.5 Å². The minimum Gasteiger partial charge on any atom is -0.334 e. The summed E-state index contributed by atoms with van der Waals surface area (Å²) in [5, 5.41) is 3.11. The molecule has 0 amide bonds. The first-order chi connectivity index (χ1) is 7.58. The Kier molecular flexibility index (Phi) is 2.87. The topological polar surface area (TPSA) is 38.9 Å². The largest absolute Gasteiger partial charge is 0.334 e. The summed E-state index contributed by atoms with van der Waals surface area (Å²) in [6, 6.07) is 3.00. The molecule has 0 N–H and O–H groups in total. The van der Waals surface area contributed by atoms with E-state index in [1.165, 1.54) is 0 Å². The summed E-state index contributed by atoms with van der Waals surface area (Å²) in [5.74, 6) is -1.05. The van der Waals surface area contributed by atoms with Crippen LogP contribution in [0.3, 0.4) is 0 Å². The molecular formula is C10H7ClF2N2O. The summed E-state index contributed by atoms with van der Waals surface area (Å²) in [7, 11) is 0. The summed E-state index contributed by atoms with van der Waals surface area (Å²) >= 11 is 5.72. The second-order valence-electron chi connectivity index (χ2n) is 3.20. The van der Waals surface area contributed by atoms with Gasteiger partial charge in [0.1, 0.15) is 11.6 Å². The zero-order valence-electron chi connectivity index (χ0n) is 8.25. The molecule has 0 aliphatic rings. The number of aromatic nitrogens is 2. The molecule has 1 heterocycles. The van der Waals surface area contributed by atoms with E-state index in [2.05, 4.69) is 10.1 Å². The maximum atomic E-state index is 13.3. The Labute approximate surface area is 95.0 Å². The highest BCUT2D eigenvalue weighted by atomic mass is 35.5. The standard InChI is InChI=1S/C10H7ClF2N2O/c1-5(11)9-14-10(16-15-9)7-4-6(12)2-3-8(7)13/h2-5H,1H3. The molecule has 84 valence electrons. The van der Waals surface area contributed by atoms with Crippen molar-refractivity contribution >= 4 is 11.6 Å². The zero-order valence-corrected chi connectivity index (χ0v) is 9.00. The third-order valence-electron chi connectivity index (χ3n) is 1.96. The average Bonchev–Trinajstić information content (AvgIpc) is 2.70. The smallest absolute Gasteiger partial charge is 0.261 e. The van der Waals surface area contributed by atoms with Gasteiger partial charge >= 0.3 is 0 Å². The molecular weight excluding hydrogens is 238 g/mol. The fourth-order valence-corrected chi connectivity index (χ4v) is 1.26. The van der Waals surface area contributed by atoms with E-state index in [1.807, 2.05) is 0 Å². The third-order valence-corrected chi connectivity index (χ3v) is 2.15. The molecule has 0 aliphatic heterocycles. The molecule has 0 aliphatic carbocycles. The van der Waals surface area contributed by atoms with Crippen LogP contribution >= 0.6 is 11.6 Å². The van der Waals surface area contributed by atoms with Crippen molar-refractivity contribution < 1.29 is 13.3 Å². The van der Waals surface area contributed by atoms with E-state index < -0.39 is 17.0 Å². The number of halogens is 3. The third kappa shape index (κ3) is 2.04. The van der Waals surface area contributed by atoms with Crippen molar-refractivity contribution in [3.8, 4) is 11.5 Å². The van der Waals surface area contributed by atoms with Gasteiger partial charge in [-0.2, -0.15) is 4.98 Å². The summed E-state index contributed by atoms with van der Waals surface area (Å²) in [6.45, 7) is 1.65. The molecule has 0 radical (unpaired) electrons. The molecule has 0 spiro atoms. The van der Waals surface area contributed by atoms with Crippen molar-refractivity contribution in [3.63, 3.8) is 0 Å². The molecule has 6 heteroatoms. The van der Waals surface area contributed by atoms with E-state index in [1.54, 1.807) is 6.92 Å². The van der Waals surface area contributed by atoms with Crippen LogP contribution < -0.4 is 0 Å². The van der Waals surface area contributed by atoms with Crippen LogP contribution in [0, 0.1) is 11.6 Å². The van der Waals surface area contributed by atoms with Crippen LogP contribution in [0.1, 0.15) is 18.1 Å². The van der Waals surface area contributed by atoms with Gasteiger partial charge in [0.2, 0.25) is 0 Å². The Hall–Kier alpha value is -1.49. The van der Waals surface area contributed by atoms with Crippen LogP contribution in [0.4, 0.5) is 8.78 Å². The van der Waals surface area contributed by atoms with Crippen LogP contribution in [-0.4, -0.2) is 10.1 Å².